The molecule has 0 spiro atoms. The van der Waals surface area contributed by atoms with E-state index in [1.807, 2.05) is 19.1 Å². The number of thioether (sulfide) groups is 1. The Bertz CT molecular complexity index is 723. The second kappa shape index (κ2) is 5.69. The molecular weight excluding hydrogens is 268 g/mol. The normalized spacial score (nSPS) is 12.7. The maximum Gasteiger partial charge on any atom is 0.255 e. The van der Waals surface area contributed by atoms with Crippen molar-refractivity contribution in [3.8, 4) is 0 Å². The molecule has 1 aromatic heterocycles. The van der Waals surface area contributed by atoms with Crippen LogP contribution in [0.15, 0.2) is 58.4 Å². The molecule has 1 atom stereocenters. The predicted octanol–water partition coefficient (Wildman–Crippen LogP) is 3.93. The van der Waals surface area contributed by atoms with Crippen molar-refractivity contribution in [3.05, 3.63) is 60.0 Å². The molecule has 1 unspecified atom stereocenters. The number of oxazole rings is 1. The number of benzene rings is 2. The molecule has 4 heteroatoms. The monoisotopic (exact) mass is 284 g/mol. The van der Waals surface area contributed by atoms with E-state index in [0.717, 1.165) is 17.0 Å². The molecule has 3 rings (SSSR count). The van der Waals surface area contributed by atoms with Gasteiger partial charge in [0.2, 0.25) is 0 Å². The van der Waals surface area contributed by atoms with Crippen molar-refractivity contribution in [2.75, 3.05) is 5.75 Å². The molecule has 0 bridgehead atoms. The summed E-state index contributed by atoms with van der Waals surface area (Å²) in [5.74, 6) is 0.748. The van der Waals surface area contributed by atoms with Crippen molar-refractivity contribution in [2.45, 2.75) is 18.2 Å². The number of hydrogen-bond donors (Lipinski definition) is 1. The molecule has 0 aliphatic heterocycles. The van der Waals surface area contributed by atoms with E-state index in [2.05, 4.69) is 35.3 Å². The highest BCUT2D eigenvalue weighted by molar-refractivity contribution is 7.99. The van der Waals surface area contributed by atoms with E-state index < -0.39 is 0 Å². The number of rotatable bonds is 4. The third-order valence-electron chi connectivity index (χ3n) is 3.19. The van der Waals surface area contributed by atoms with Gasteiger partial charge in [-0.15, -0.1) is 0 Å². The minimum absolute atomic E-state index is 0.0307. The Kier molecular flexibility index (Phi) is 3.76. The van der Waals surface area contributed by atoms with Gasteiger partial charge in [0.05, 0.1) is 5.69 Å². The van der Waals surface area contributed by atoms with E-state index in [0.29, 0.717) is 5.22 Å². The van der Waals surface area contributed by atoms with Gasteiger partial charge in [-0.2, -0.15) is 0 Å². The Balaban J connectivity index is 1.73. The molecule has 2 aromatic carbocycles. The Morgan fingerprint density at radius 2 is 2.00 bits per heavy atom. The molecule has 0 saturated carbocycles. The van der Waals surface area contributed by atoms with Crippen LogP contribution in [0.5, 0.6) is 0 Å². The molecule has 2 N–H and O–H groups in total. The van der Waals surface area contributed by atoms with Crippen LogP contribution in [0.2, 0.25) is 0 Å². The van der Waals surface area contributed by atoms with Crippen molar-refractivity contribution in [1.82, 2.24) is 4.98 Å². The summed E-state index contributed by atoms with van der Waals surface area (Å²) in [4.78, 5) is 4.27. The van der Waals surface area contributed by atoms with Crippen LogP contribution in [-0.4, -0.2) is 10.7 Å². The van der Waals surface area contributed by atoms with Crippen LogP contribution in [-0.2, 0) is 0 Å². The fourth-order valence-electron chi connectivity index (χ4n) is 2.09. The summed E-state index contributed by atoms with van der Waals surface area (Å²) in [6, 6.07) is 14.6. The molecule has 0 aliphatic carbocycles. The lowest BCUT2D eigenvalue weighted by atomic mass is 10.0. The van der Waals surface area contributed by atoms with Crippen LogP contribution in [0.3, 0.4) is 0 Å². The van der Waals surface area contributed by atoms with Gasteiger partial charge in [-0.05, 0) is 29.3 Å². The van der Waals surface area contributed by atoms with E-state index in [1.165, 1.54) is 10.8 Å². The molecule has 3 aromatic rings. The van der Waals surface area contributed by atoms with Gasteiger partial charge in [0.25, 0.3) is 5.22 Å². The number of nitrogens with two attached hydrogens (primary N) is 1. The summed E-state index contributed by atoms with van der Waals surface area (Å²) in [6.45, 7) is 1.91. The van der Waals surface area contributed by atoms with E-state index in [-0.39, 0.29) is 6.04 Å². The lowest BCUT2D eigenvalue weighted by Gasteiger charge is -2.11. The van der Waals surface area contributed by atoms with Crippen molar-refractivity contribution < 1.29 is 4.42 Å². The standard InChI is InChI=1S/C16H16N2OS/c1-11-9-19-16(18-11)20-10-15(17)14-7-6-12-4-2-3-5-13(12)8-14/h2-9,15H,10,17H2,1H3. The molecule has 0 aliphatic rings. The van der Waals surface area contributed by atoms with E-state index in [1.54, 1.807) is 18.0 Å². The molecule has 102 valence electrons. The molecule has 0 saturated heterocycles. The van der Waals surface area contributed by atoms with Gasteiger partial charge < -0.3 is 10.2 Å². The molecule has 0 fully saturated rings. The molecule has 3 nitrogen and oxygen atoms in total. The lowest BCUT2D eigenvalue weighted by Crippen LogP contribution is -2.12. The predicted molar refractivity (Wildman–Crippen MR) is 82.8 cm³/mol. The molecular formula is C16H16N2OS. The minimum Gasteiger partial charge on any atom is -0.440 e. The Labute approximate surface area is 122 Å². The van der Waals surface area contributed by atoms with Crippen molar-refractivity contribution in [2.24, 2.45) is 5.73 Å². The SMILES string of the molecule is Cc1coc(SCC(N)c2ccc3ccccc3c2)n1. The van der Waals surface area contributed by atoms with Crippen molar-refractivity contribution in [1.29, 1.82) is 0 Å². The average Bonchev–Trinajstić information content (AvgIpc) is 2.90. The van der Waals surface area contributed by atoms with Gasteiger partial charge in [-0.25, -0.2) is 4.98 Å². The van der Waals surface area contributed by atoms with Crippen LogP contribution in [0, 0.1) is 6.92 Å². The van der Waals surface area contributed by atoms with Gasteiger partial charge in [-0.3, -0.25) is 0 Å². The molecule has 1 heterocycles. The highest BCUT2D eigenvalue weighted by atomic mass is 32.2. The van der Waals surface area contributed by atoms with Gasteiger partial charge in [0, 0.05) is 11.8 Å². The van der Waals surface area contributed by atoms with E-state index >= 15 is 0 Å². The van der Waals surface area contributed by atoms with E-state index in [4.69, 9.17) is 10.2 Å². The maximum atomic E-state index is 6.25. The van der Waals surface area contributed by atoms with Crippen LogP contribution in [0.1, 0.15) is 17.3 Å². The Morgan fingerprint density at radius 3 is 2.75 bits per heavy atom. The fourth-order valence-corrected chi connectivity index (χ4v) is 2.93. The zero-order valence-electron chi connectivity index (χ0n) is 11.2. The van der Waals surface area contributed by atoms with Gasteiger partial charge in [0.1, 0.15) is 6.26 Å². The molecule has 0 radical (unpaired) electrons. The number of aryl methyl sites for hydroxylation is 1. The first-order valence-corrected chi connectivity index (χ1v) is 7.50. The third-order valence-corrected chi connectivity index (χ3v) is 4.15. The summed E-state index contributed by atoms with van der Waals surface area (Å²) < 4.78 is 5.32. The third kappa shape index (κ3) is 2.86. The maximum absolute atomic E-state index is 6.25. The summed E-state index contributed by atoms with van der Waals surface area (Å²) in [7, 11) is 0. The minimum atomic E-state index is -0.0307. The zero-order chi connectivity index (χ0) is 13.9. The summed E-state index contributed by atoms with van der Waals surface area (Å²) >= 11 is 1.55. The van der Waals surface area contributed by atoms with Crippen LogP contribution >= 0.6 is 11.8 Å². The first kappa shape index (κ1) is 13.2. The summed E-state index contributed by atoms with van der Waals surface area (Å²) in [5.41, 5.74) is 8.28. The Morgan fingerprint density at radius 1 is 1.20 bits per heavy atom. The smallest absolute Gasteiger partial charge is 0.255 e. The zero-order valence-corrected chi connectivity index (χ0v) is 12.1. The average molecular weight is 284 g/mol. The van der Waals surface area contributed by atoms with Crippen molar-refractivity contribution >= 4 is 22.5 Å². The van der Waals surface area contributed by atoms with E-state index in [9.17, 15) is 0 Å². The second-order valence-electron chi connectivity index (χ2n) is 4.78. The largest absolute Gasteiger partial charge is 0.440 e. The highest BCUT2D eigenvalue weighted by Gasteiger charge is 2.10. The number of nitrogens with zero attached hydrogens (tertiary/aromatic N) is 1. The number of aromatic nitrogens is 1. The van der Waals surface area contributed by atoms with Crippen molar-refractivity contribution in [3.63, 3.8) is 0 Å². The molecule has 0 amide bonds. The van der Waals surface area contributed by atoms with Crippen LogP contribution < -0.4 is 5.73 Å². The second-order valence-corrected chi connectivity index (χ2v) is 5.75. The highest BCUT2D eigenvalue weighted by Crippen LogP contribution is 2.25. The van der Waals surface area contributed by atoms with Crippen LogP contribution in [0.25, 0.3) is 10.8 Å². The quantitative estimate of drug-likeness (QED) is 0.738. The summed E-state index contributed by atoms with van der Waals surface area (Å²) in [6.07, 6.45) is 1.66. The lowest BCUT2D eigenvalue weighted by molar-refractivity contribution is 0.453. The first-order chi connectivity index (χ1) is 9.72. The fraction of sp³-hybridized carbons (Fsp3) is 0.188. The molecule has 20 heavy (non-hydrogen) atoms. The first-order valence-electron chi connectivity index (χ1n) is 6.51. The Hall–Kier alpha value is -1.78. The van der Waals surface area contributed by atoms with Crippen LogP contribution in [0.4, 0.5) is 0 Å². The van der Waals surface area contributed by atoms with Gasteiger partial charge >= 0.3 is 0 Å². The number of hydrogen-bond acceptors (Lipinski definition) is 4. The van der Waals surface area contributed by atoms with Gasteiger partial charge in [0.15, 0.2) is 0 Å². The summed E-state index contributed by atoms with van der Waals surface area (Å²) in [5, 5.41) is 3.13. The topological polar surface area (TPSA) is 52.0 Å². The number of fused-ring (bicyclic) bond motifs is 1. The van der Waals surface area contributed by atoms with Gasteiger partial charge in [-0.1, -0.05) is 48.2 Å².